The van der Waals surface area contributed by atoms with E-state index in [9.17, 15) is 9.59 Å². The van der Waals surface area contributed by atoms with Crippen LogP contribution in [0.15, 0.2) is 0 Å². The number of rotatable bonds is 0. The number of carboxylic acid groups (broad SMARTS) is 2. The standard InChI is InChI=1S/C4H2O4.Co/c5-3(6)1-2-4(7)8;/h(H,5,6)(H,7,8);. The monoisotopic (exact) mass is 173 g/mol. The van der Waals surface area contributed by atoms with Gasteiger partial charge in [-0.05, 0) is 0 Å². The van der Waals surface area contributed by atoms with Gasteiger partial charge in [-0.3, -0.25) is 0 Å². The average molecular weight is 173 g/mol. The fourth-order valence-electron chi connectivity index (χ4n) is 0.107. The molecule has 0 aromatic carbocycles. The van der Waals surface area contributed by atoms with Crippen molar-refractivity contribution in [3.63, 3.8) is 0 Å². The van der Waals surface area contributed by atoms with Gasteiger partial charge in [0.05, 0.1) is 0 Å². The van der Waals surface area contributed by atoms with Crippen molar-refractivity contribution in [3.8, 4) is 11.8 Å². The van der Waals surface area contributed by atoms with Gasteiger partial charge in [0.25, 0.3) is 0 Å². The minimum atomic E-state index is -1.44. The predicted octanol–water partition coefficient (Wildman–Crippen LogP) is -0.843. The largest absolute Gasteiger partial charge is 0.472 e. The molecule has 0 aliphatic heterocycles. The number of hydrogen-bond donors (Lipinski definition) is 2. The maximum atomic E-state index is 9.47. The van der Waals surface area contributed by atoms with E-state index in [4.69, 9.17) is 10.2 Å². The fraction of sp³-hybridized carbons (Fsp3) is 0. The smallest absolute Gasteiger partial charge is 0.382 e. The van der Waals surface area contributed by atoms with Crippen molar-refractivity contribution in [2.24, 2.45) is 0 Å². The van der Waals surface area contributed by atoms with E-state index in [2.05, 4.69) is 0 Å². The molecule has 4 nitrogen and oxygen atoms in total. The summed E-state index contributed by atoms with van der Waals surface area (Å²) < 4.78 is 0. The number of hydrogen-bond acceptors (Lipinski definition) is 2. The van der Waals surface area contributed by atoms with Crippen LogP contribution < -0.4 is 0 Å². The van der Waals surface area contributed by atoms with E-state index >= 15 is 0 Å². The molecule has 2 N–H and O–H groups in total. The van der Waals surface area contributed by atoms with Crippen LogP contribution in [0.25, 0.3) is 0 Å². The van der Waals surface area contributed by atoms with E-state index in [1.54, 1.807) is 0 Å². The number of carboxylic acids is 2. The minimum Gasteiger partial charge on any atom is -0.472 e. The molecule has 0 amide bonds. The molecule has 0 aromatic heterocycles. The van der Waals surface area contributed by atoms with Gasteiger partial charge >= 0.3 is 11.9 Å². The second-order valence-corrected chi connectivity index (χ2v) is 0.860. The molecule has 0 aliphatic carbocycles. The summed E-state index contributed by atoms with van der Waals surface area (Å²) in [5.41, 5.74) is 0. The van der Waals surface area contributed by atoms with Gasteiger partial charge in [-0.2, -0.15) is 0 Å². The average Bonchev–Trinajstić information content (AvgIpc) is 1.61. The van der Waals surface area contributed by atoms with E-state index in [1.807, 2.05) is 0 Å². The zero-order valence-electron chi connectivity index (χ0n) is 4.04. The molecule has 51 valence electrons. The molecule has 1 radical (unpaired) electrons. The summed E-state index contributed by atoms with van der Waals surface area (Å²) in [6.07, 6.45) is 0. The molecule has 0 fully saturated rings. The van der Waals surface area contributed by atoms with Gasteiger partial charge in [-0.25, -0.2) is 9.59 Å². The minimum absolute atomic E-state index is 0. The number of carbonyl (C=O) groups is 2. The second kappa shape index (κ2) is 5.15. The Morgan fingerprint density at radius 3 is 1.33 bits per heavy atom. The van der Waals surface area contributed by atoms with E-state index in [0.29, 0.717) is 0 Å². The summed E-state index contributed by atoms with van der Waals surface area (Å²) in [7, 11) is 0. The van der Waals surface area contributed by atoms with Crippen LogP contribution in [0.1, 0.15) is 0 Å². The first kappa shape index (κ1) is 10.9. The van der Waals surface area contributed by atoms with Crippen LogP contribution in [0.2, 0.25) is 0 Å². The topological polar surface area (TPSA) is 74.6 Å². The number of aliphatic carboxylic acids is 2. The van der Waals surface area contributed by atoms with Crippen LogP contribution in [0.4, 0.5) is 0 Å². The Balaban J connectivity index is 0. The Labute approximate surface area is 61.1 Å². The molecular weight excluding hydrogens is 171 g/mol. The van der Waals surface area contributed by atoms with Gasteiger partial charge in [0.1, 0.15) is 0 Å². The zero-order chi connectivity index (χ0) is 6.57. The van der Waals surface area contributed by atoms with Gasteiger partial charge in [-0.1, -0.05) is 0 Å². The third-order valence-electron chi connectivity index (χ3n) is 0.276. The summed E-state index contributed by atoms with van der Waals surface area (Å²) in [5.74, 6) is -0.0511. The van der Waals surface area contributed by atoms with Gasteiger partial charge in [-0.15, -0.1) is 0 Å². The maximum absolute atomic E-state index is 9.47. The molecule has 0 saturated carbocycles. The van der Waals surface area contributed by atoms with Gasteiger partial charge in [0, 0.05) is 28.6 Å². The van der Waals surface area contributed by atoms with Crippen molar-refractivity contribution in [2.45, 2.75) is 0 Å². The van der Waals surface area contributed by atoms with Crippen molar-refractivity contribution in [2.75, 3.05) is 0 Å². The molecule has 0 bridgehead atoms. The molecule has 0 spiro atoms. The van der Waals surface area contributed by atoms with Crippen molar-refractivity contribution in [1.82, 2.24) is 0 Å². The van der Waals surface area contributed by atoms with Gasteiger partial charge in [0.15, 0.2) is 0 Å². The first-order chi connectivity index (χ1) is 3.63. The molecule has 0 aliphatic rings. The first-order valence-electron chi connectivity index (χ1n) is 1.61. The first-order valence-corrected chi connectivity index (χ1v) is 1.61. The second-order valence-electron chi connectivity index (χ2n) is 0.860. The Morgan fingerprint density at radius 2 is 1.22 bits per heavy atom. The fourth-order valence-corrected chi connectivity index (χ4v) is 0.107. The quantitative estimate of drug-likeness (QED) is 0.468. The van der Waals surface area contributed by atoms with E-state index in [-0.39, 0.29) is 16.8 Å². The molecule has 0 atom stereocenters. The Hall–Kier alpha value is -0.994. The Morgan fingerprint density at radius 1 is 1.00 bits per heavy atom. The summed E-state index contributed by atoms with van der Waals surface area (Å²) >= 11 is 0. The van der Waals surface area contributed by atoms with Crippen LogP contribution in [-0.2, 0) is 26.4 Å². The van der Waals surface area contributed by atoms with Crippen LogP contribution in [0, 0.1) is 11.8 Å². The molecule has 0 aromatic rings. The predicted molar refractivity (Wildman–Crippen MR) is 23.0 cm³/mol. The summed E-state index contributed by atoms with van der Waals surface area (Å²) in [6.45, 7) is 0. The van der Waals surface area contributed by atoms with Crippen LogP contribution in [0.3, 0.4) is 0 Å². The molecule has 0 rings (SSSR count). The normalized spacial score (nSPS) is 5.78. The summed E-state index contributed by atoms with van der Waals surface area (Å²) in [5, 5.41) is 15.5. The van der Waals surface area contributed by atoms with Crippen LogP contribution >= 0.6 is 0 Å². The summed E-state index contributed by atoms with van der Waals surface area (Å²) in [6, 6.07) is 0. The van der Waals surface area contributed by atoms with E-state index < -0.39 is 11.9 Å². The van der Waals surface area contributed by atoms with E-state index in [0.717, 1.165) is 0 Å². The SMILES string of the molecule is O=C(O)C#CC(=O)O.[Co]. The van der Waals surface area contributed by atoms with Gasteiger partial charge < -0.3 is 10.2 Å². The molecule has 5 heteroatoms. The van der Waals surface area contributed by atoms with E-state index in [1.165, 1.54) is 11.8 Å². The van der Waals surface area contributed by atoms with Crippen molar-refractivity contribution in [1.29, 1.82) is 0 Å². The van der Waals surface area contributed by atoms with Crippen LogP contribution in [-0.4, -0.2) is 22.2 Å². The molecule has 0 heterocycles. The van der Waals surface area contributed by atoms with Crippen molar-refractivity contribution < 1.29 is 36.6 Å². The molecule has 9 heavy (non-hydrogen) atoms. The third-order valence-corrected chi connectivity index (χ3v) is 0.276. The van der Waals surface area contributed by atoms with Gasteiger partial charge in [0.2, 0.25) is 0 Å². The molecular formula is C4H2CoO4. The van der Waals surface area contributed by atoms with Crippen molar-refractivity contribution in [3.05, 3.63) is 0 Å². The Kier molecular flexibility index (Phi) is 6.23. The molecule has 0 saturated heterocycles. The maximum Gasteiger partial charge on any atom is 0.382 e. The Bertz CT molecular complexity index is 157. The summed E-state index contributed by atoms with van der Waals surface area (Å²) in [4.78, 5) is 18.9. The zero-order valence-corrected chi connectivity index (χ0v) is 5.09. The van der Waals surface area contributed by atoms with Crippen LogP contribution in [0.5, 0.6) is 0 Å². The van der Waals surface area contributed by atoms with Crippen molar-refractivity contribution >= 4 is 11.9 Å². The molecule has 0 unspecified atom stereocenters. The third kappa shape index (κ3) is 10.9.